The molecule has 0 bridgehead atoms. The van der Waals surface area contributed by atoms with Gasteiger partial charge in [0.25, 0.3) is 0 Å². The van der Waals surface area contributed by atoms with Gasteiger partial charge in [-0.05, 0) is 26.5 Å². The maximum absolute atomic E-state index is 8.62. The number of rotatable bonds is 2. The molecule has 0 aliphatic carbocycles. The number of anilines is 1. The van der Waals surface area contributed by atoms with Crippen molar-refractivity contribution < 1.29 is 20.1 Å². The predicted molar refractivity (Wildman–Crippen MR) is 107 cm³/mol. The molecule has 1 unspecified atom stereocenters. The summed E-state index contributed by atoms with van der Waals surface area (Å²) in [6.45, 7) is 3.94. The third kappa shape index (κ3) is 5.93. The van der Waals surface area contributed by atoms with Gasteiger partial charge in [-0.15, -0.1) is 11.8 Å². The van der Waals surface area contributed by atoms with Crippen LogP contribution in [0.5, 0.6) is 0 Å². The normalized spacial score (nSPS) is 16.6. The molecule has 2 heterocycles. The molecule has 2 aromatic rings. The smallest absolute Gasteiger partial charge is 0.0528 e. The minimum absolute atomic E-state index is 0. The van der Waals surface area contributed by atoms with E-state index >= 15 is 0 Å². The number of likely N-dealkylation sites (N-methyl/N-ethyl adjacent to an activating group) is 1. The summed E-state index contributed by atoms with van der Waals surface area (Å²) in [4.78, 5) is 10.1. The molecule has 2 aromatic carbocycles. The topological polar surface area (TPSA) is 69.7 Å². The molecule has 0 spiro atoms. The molecule has 149 valence electrons. The van der Waals surface area contributed by atoms with Crippen LogP contribution in [0.15, 0.2) is 53.8 Å². The van der Waals surface area contributed by atoms with E-state index in [-0.39, 0.29) is 26.1 Å². The van der Waals surface area contributed by atoms with Crippen LogP contribution in [0.3, 0.4) is 0 Å². The van der Waals surface area contributed by atoms with Gasteiger partial charge in [0.05, 0.1) is 6.34 Å². The molecule has 4 rings (SSSR count). The van der Waals surface area contributed by atoms with Crippen molar-refractivity contribution in [1.82, 2.24) is 9.80 Å². The SMILES string of the molecule is CN1C=CN(c2[c-]cc(C#N)cc2)[CH-]1.CN1C=NC(c2[c-]cc(C#N)cc2)[CH-]1.[Ir]. The summed E-state index contributed by atoms with van der Waals surface area (Å²) >= 11 is 0. The molecule has 6 nitrogen and oxygen atoms in total. The van der Waals surface area contributed by atoms with Gasteiger partial charge in [0.1, 0.15) is 0 Å². The Kier molecular flexibility index (Phi) is 7.97. The molecule has 29 heavy (non-hydrogen) atoms. The molecule has 0 amide bonds. The summed E-state index contributed by atoms with van der Waals surface area (Å²) in [6, 6.07) is 21.0. The average molecular weight is 559 g/mol. The third-order valence-electron chi connectivity index (χ3n) is 4.04. The van der Waals surface area contributed by atoms with E-state index in [1.165, 1.54) is 0 Å². The molecule has 2 aliphatic heterocycles. The Hall–Kier alpha value is -3.12. The predicted octanol–water partition coefficient (Wildman–Crippen LogP) is 3.23. The first kappa shape index (κ1) is 22.2. The molecular weight excluding hydrogens is 541 g/mol. The van der Waals surface area contributed by atoms with Crippen LogP contribution in [0.2, 0.25) is 0 Å². The first-order valence-electron chi connectivity index (χ1n) is 8.56. The van der Waals surface area contributed by atoms with Crippen molar-refractivity contribution in [3.8, 4) is 12.1 Å². The van der Waals surface area contributed by atoms with Gasteiger partial charge in [-0.25, -0.2) is 17.1 Å². The fourth-order valence-corrected chi connectivity index (χ4v) is 2.57. The van der Waals surface area contributed by atoms with Crippen molar-refractivity contribution in [2.45, 2.75) is 6.04 Å². The van der Waals surface area contributed by atoms with E-state index in [4.69, 9.17) is 10.5 Å². The van der Waals surface area contributed by atoms with Crippen LogP contribution in [0.4, 0.5) is 5.69 Å². The Bertz CT molecular complexity index is 858. The number of benzene rings is 2. The summed E-state index contributed by atoms with van der Waals surface area (Å²) < 4.78 is 0. The monoisotopic (exact) mass is 559 g/mol. The van der Waals surface area contributed by atoms with Gasteiger partial charge < -0.3 is 19.7 Å². The molecule has 2 aliphatic rings. The zero-order valence-electron chi connectivity index (χ0n) is 15.9. The summed E-state index contributed by atoms with van der Waals surface area (Å²) in [6.07, 6.45) is 5.67. The van der Waals surface area contributed by atoms with Crippen LogP contribution < -0.4 is 4.90 Å². The van der Waals surface area contributed by atoms with Crippen molar-refractivity contribution in [3.63, 3.8) is 0 Å². The summed E-state index contributed by atoms with van der Waals surface area (Å²) in [5.74, 6) is 0. The van der Waals surface area contributed by atoms with Gasteiger partial charge in [0.15, 0.2) is 0 Å². The van der Waals surface area contributed by atoms with E-state index in [1.807, 2.05) is 66.5 Å². The molecule has 7 heteroatoms. The Morgan fingerprint density at radius 1 is 0.966 bits per heavy atom. The van der Waals surface area contributed by atoms with Crippen LogP contribution in [-0.4, -0.2) is 30.2 Å². The van der Waals surface area contributed by atoms with Gasteiger partial charge in [0.2, 0.25) is 0 Å². The molecule has 1 radical (unpaired) electrons. The van der Waals surface area contributed by atoms with Crippen molar-refractivity contribution >= 4 is 12.0 Å². The molecule has 0 saturated carbocycles. The summed E-state index contributed by atoms with van der Waals surface area (Å²) in [7, 11) is 3.90. The fourth-order valence-electron chi connectivity index (χ4n) is 2.57. The summed E-state index contributed by atoms with van der Waals surface area (Å²) in [5.41, 5.74) is 3.18. The Morgan fingerprint density at radius 2 is 1.66 bits per heavy atom. The van der Waals surface area contributed by atoms with E-state index < -0.39 is 0 Å². The number of hydrogen-bond donors (Lipinski definition) is 0. The van der Waals surface area contributed by atoms with E-state index in [0.717, 1.165) is 11.3 Å². The maximum Gasteiger partial charge on any atom is 0.0528 e. The van der Waals surface area contributed by atoms with Crippen molar-refractivity contribution in [1.29, 1.82) is 10.5 Å². The number of nitriles is 2. The molecule has 0 N–H and O–H groups in total. The average Bonchev–Trinajstić information content (AvgIpc) is 3.37. The number of nitrogens with zero attached hydrogens (tertiary/aromatic N) is 6. The van der Waals surface area contributed by atoms with Gasteiger partial charge in [-0.2, -0.15) is 54.7 Å². The van der Waals surface area contributed by atoms with Crippen LogP contribution in [0.1, 0.15) is 22.7 Å². The summed E-state index contributed by atoms with van der Waals surface area (Å²) in [5, 5.41) is 17.2. The Morgan fingerprint density at radius 3 is 2.10 bits per heavy atom. The Labute approximate surface area is 185 Å². The molecular formula is C22H18IrN6-4. The molecule has 0 saturated heterocycles. The second kappa shape index (κ2) is 10.4. The molecule has 1 atom stereocenters. The molecule has 0 aromatic heterocycles. The van der Waals surface area contributed by atoms with Crippen molar-refractivity contribution in [2.24, 2.45) is 4.99 Å². The first-order chi connectivity index (χ1) is 13.6. The third-order valence-corrected chi connectivity index (χ3v) is 4.04. The van der Waals surface area contributed by atoms with Gasteiger partial charge >= 0.3 is 0 Å². The zero-order chi connectivity index (χ0) is 19.9. The van der Waals surface area contributed by atoms with Crippen LogP contribution >= 0.6 is 0 Å². The second-order valence-electron chi connectivity index (χ2n) is 6.23. The number of hydrogen-bond acceptors (Lipinski definition) is 6. The largest absolute Gasteiger partial charge is 0.514 e. The van der Waals surface area contributed by atoms with Crippen LogP contribution in [0, 0.1) is 48.0 Å². The quantitative estimate of drug-likeness (QED) is 0.530. The Balaban J connectivity index is 0.000000200. The van der Waals surface area contributed by atoms with E-state index in [0.29, 0.717) is 11.1 Å². The van der Waals surface area contributed by atoms with Gasteiger partial charge in [-0.3, -0.25) is 0 Å². The van der Waals surface area contributed by atoms with Crippen LogP contribution in [0.25, 0.3) is 0 Å². The minimum Gasteiger partial charge on any atom is -0.514 e. The maximum atomic E-state index is 8.62. The van der Waals surface area contributed by atoms with Gasteiger partial charge in [0, 0.05) is 32.2 Å². The van der Waals surface area contributed by atoms with Crippen molar-refractivity contribution in [3.05, 3.63) is 90.8 Å². The van der Waals surface area contributed by atoms with Crippen molar-refractivity contribution in [2.75, 3.05) is 19.0 Å². The molecule has 0 fully saturated rings. The van der Waals surface area contributed by atoms with E-state index in [1.54, 1.807) is 30.6 Å². The standard InChI is InChI=1S/2C11H9N3.Ir/c1-14-7-11(13-8-14)10-4-2-9(6-12)3-5-10;1-13-6-7-14(9-13)11-4-2-10(8-12)3-5-11;/h2-4,7-8,11H,1H3;2-4,6-7,9H,1H3;/q2*-2;. The van der Waals surface area contributed by atoms with Gasteiger partial charge in [-0.1, -0.05) is 17.2 Å². The van der Waals surface area contributed by atoms with Crippen LogP contribution in [-0.2, 0) is 20.1 Å². The van der Waals surface area contributed by atoms with E-state index in [9.17, 15) is 0 Å². The second-order valence-corrected chi connectivity index (χ2v) is 6.23. The first-order valence-corrected chi connectivity index (χ1v) is 8.56. The fraction of sp³-hybridized carbons (Fsp3) is 0.136. The number of aliphatic imine (C=N–C) groups is 1. The van der Waals surface area contributed by atoms with E-state index in [2.05, 4.69) is 29.3 Å². The minimum atomic E-state index is 0. The zero-order valence-corrected chi connectivity index (χ0v) is 18.3.